The summed E-state index contributed by atoms with van der Waals surface area (Å²) >= 11 is 0. The van der Waals surface area contributed by atoms with Crippen LogP contribution in [0.15, 0.2) is 78.9 Å². The van der Waals surface area contributed by atoms with Crippen molar-refractivity contribution in [2.45, 2.75) is 0 Å². The zero-order valence-corrected chi connectivity index (χ0v) is 17.1. The van der Waals surface area contributed by atoms with E-state index in [9.17, 15) is 4.79 Å². The van der Waals surface area contributed by atoms with Crippen LogP contribution in [0.4, 0.5) is 0 Å². The van der Waals surface area contributed by atoms with E-state index in [0.29, 0.717) is 5.56 Å². The average molecular weight is 408 g/mol. The molecular weight excluding hydrogens is 392 g/mol. The maximum Gasteiger partial charge on any atom is 0.313 e. The van der Waals surface area contributed by atoms with E-state index in [1.165, 1.54) is 17.7 Å². The largest absolute Gasteiger partial charge is 0.467 e. The number of benzene rings is 3. The Morgan fingerprint density at radius 2 is 1.46 bits per heavy atom. The smallest absolute Gasteiger partial charge is 0.313 e. The van der Waals surface area contributed by atoms with E-state index in [1.807, 2.05) is 42.5 Å². The summed E-state index contributed by atoms with van der Waals surface area (Å²) in [4.78, 5) is 12.2. The zero-order chi connectivity index (χ0) is 16.1. The van der Waals surface area contributed by atoms with Gasteiger partial charge in [0.2, 0.25) is 0 Å². The van der Waals surface area contributed by atoms with Crippen LogP contribution in [0.25, 0.3) is 0 Å². The maximum absolute atomic E-state index is 12.2. The van der Waals surface area contributed by atoms with Gasteiger partial charge in [0.25, 0.3) is 0 Å². The average Bonchev–Trinajstić information content (AvgIpc) is 2.63. The van der Waals surface area contributed by atoms with Gasteiger partial charge in [-0.25, -0.2) is 4.79 Å². The van der Waals surface area contributed by atoms with Gasteiger partial charge in [0.15, 0.2) is 0 Å². The fraction of sp³-hybridized carbons (Fsp3) is 0.0500. The molecule has 0 heterocycles. The van der Waals surface area contributed by atoms with E-state index < -0.39 is 7.92 Å². The van der Waals surface area contributed by atoms with Crippen LogP contribution in [-0.2, 0) is 37.4 Å². The van der Waals surface area contributed by atoms with Gasteiger partial charge >= 0.3 is 5.97 Å². The van der Waals surface area contributed by atoms with E-state index >= 15 is 0 Å². The van der Waals surface area contributed by atoms with Gasteiger partial charge in [-0.2, -0.15) is 24.3 Å². The molecular formula is C20H16O2PY-. The number of methoxy groups -OCH3 is 1. The molecule has 24 heavy (non-hydrogen) atoms. The topological polar surface area (TPSA) is 26.3 Å². The maximum atomic E-state index is 12.2. The second kappa shape index (κ2) is 9.23. The van der Waals surface area contributed by atoms with E-state index in [2.05, 4.69) is 30.3 Å². The molecule has 0 aliphatic carbocycles. The zero-order valence-electron chi connectivity index (χ0n) is 13.3. The summed E-state index contributed by atoms with van der Waals surface area (Å²) in [6.45, 7) is 0. The molecule has 3 aromatic rings. The molecule has 3 aromatic carbocycles. The van der Waals surface area contributed by atoms with Crippen molar-refractivity contribution in [2.24, 2.45) is 0 Å². The van der Waals surface area contributed by atoms with Crippen molar-refractivity contribution >= 4 is 29.8 Å². The van der Waals surface area contributed by atoms with E-state index in [0.717, 1.165) is 5.30 Å². The Hall–Kier alpha value is -1.34. The predicted molar refractivity (Wildman–Crippen MR) is 95.3 cm³/mol. The van der Waals surface area contributed by atoms with Crippen LogP contribution in [0, 0.1) is 6.07 Å². The Balaban J connectivity index is 0.00000208. The first kappa shape index (κ1) is 19.0. The standard InChI is InChI=1S/C20H16O2P.Y/c1-22-20(21)18-14-8-9-15-19(18)23(16-10-4-2-5-11-16)17-12-6-3-7-13-17;/h2-8,10-15H,1H3;/q-1;. The molecule has 4 heteroatoms. The molecule has 117 valence electrons. The Morgan fingerprint density at radius 1 is 0.917 bits per heavy atom. The molecule has 0 atom stereocenters. The SMILES string of the molecule is COC(=O)c1cc[c-]cc1P(c1ccccc1)c1ccccc1.[Y]. The first-order valence-corrected chi connectivity index (χ1v) is 8.64. The third-order valence-electron chi connectivity index (χ3n) is 3.52. The molecule has 0 amide bonds. The van der Waals surface area contributed by atoms with Crippen LogP contribution in [0.5, 0.6) is 0 Å². The fourth-order valence-electron chi connectivity index (χ4n) is 2.47. The Morgan fingerprint density at radius 3 is 1.96 bits per heavy atom. The van der Waals surface area contributed by atoms with Gasteiger partial charge in [0, 0.05) is 32.7 Å². The van der Waals surface area contributed by atoms with Gasteiger partial charge in [0.05, 0.1) is 7.11 Å². The molecule has 0 bridgehead atoms. The van der Waals surface area contributed by atoms with E-state index in [1.54, 1.807) is 12.1 Å². The van der Waals surface area contributed by atoms with Crippen molar-refractivity contribution in [1.82, 2.24) is 0 Å². The minimum absolute atomic E-state index is 0. The quantitative estimate of drug-likeness (QED) is 0.377. The second-order valence-corrected chi connectivity index (χ2v) is 7.13. The third-order valence-corrected chi connectivity index (χ3v) is 6.00. The van der Waals surface area contributed by atoms with Crippen molar-refractivity contribution in [3.8, 4) is 0 Å². The summed E-state index contributed by atoms with van der Waals surface area (Å²) in [6.07, 6.45) is 0. The number of rotatable bonds is 4. The minimum atomic E-state index is -0.837. The van der Waals surface area contributed by atoms with Crippen LogP contribution in [0.3, 0.4) is 0 Å². The molecule has 0 saturated carbocycles. The van der Waals surface area contributed by atoms with Gasteiger partial charge in [-0.15, -0.1) is 5.30 Å². The van der Waals surface area contributed by atoms with Crippen LogP contribution in [0.2, 0.25) is 0 Å². The summed E-state index contributed by atoms with van der Waals surface area (Å²) in [7, 11) is 0.576. The third kappa shape index (κ3) is 4.19. The summed E-state index contributed by atoms with van der Waals surface area (Å²) in [5, 5.41) is 3.35. The van der Waals surface area contributed by atoms with Crippen LogP contribution < -0.4 is 15.9 Å². The first-order valence-electron chi connectivity index (χ1n) is 7.30. The van der Waals surface area contributed by atoms with Crippen LogP contribution >= 0.6 is 7.92 Å². The Kier molecular flexibility index (Phi) is 7.30. The van der Waals surface area contributed by atoms with Crippen molar-refractivity contribution in [1.29, 1.82) is 0 Å². The number of ether oxygens (including phenoxy) is 1. The van der Waals surface area contributed by atoms with E-state index in [4.69, 9.17) is 4.74 Å². The molecule has 0 N–H and O–H groups in total. The summed E-state index contributed by atoms with van der Waals surface area (Å²) in [5.74, 6) is -0.312. The molecule has 0 unspecified atom stereocenters. The van der Waals surface area contributed by atoms with Crippen molar-refractivity contribution < 1.29 is 42.2 Å². The first-order chi connectivity index (χ1) is 11.3. The van der Waals surface area contributed by atoms with Crippen LogP contribution in [-0.4, -0.2) is 13.1 Å². The van der Waals surface area contributed by atoms with Crippen molar-refractivity contribution in [3.05, 3.63) is 90.5 Å². The molecule has 3 rings (SSSR count). The van der Waals surface area contributed by atoms with Crippen molar-refractivity contribution in [3.63, 3.8) is 0 Å². The minimum Gasteiger partial charge on any atom is -0.467 e. The number of carbonyl (C=O) groups excluding carboxylic acids is 1. The molecule has 0 fully saturated rings. The normalized spacial score (nSPS) is 10.1. The molecule has 0 aliphatic rings. The number of carbonyl (C=O) groups is 1. The molecule has 0 aliphatic heterocycles. The van der Waals surface area contributed by atoms with Gasteiger partial charge < -0.3 is 4.74 Å². The number of hydrogen-bond acceptors (Lipinski definition) is 2. The Bertz CT molecular complexity index is 752. The van der Waals surface area contributed by atoms with Gasteiger partial charge in [-0.3, -0.25) is 0 Å². The molecule has 0 saturated heterocycles. The predicted octanol–water partition coefficient (Wildman–Crippen LogP) is 3.03. The molecule has 0 aromatic heterocycles. The van der Waals surface area contributed by atoms with Gasteiger partial charge in [-0.05, 0) is 16.2 Å². The summed E-state index contributed by atoms with van der Waals surface area (Å²) < 4.78 is 4.96. The number of hydrogen-bond donors (Lipinski definition) is 0. The molecule has 2 nitrogen and oxygen atoms in total. The fourth-order valence-corrected chi connectivity index (χ4v) is 4.88. The van der Waals surface area contributed by atoms with E-state index in [-0.39, 0.29) is 38.7 Å². The Labute approximate surface area is 168 Å². The second-order valence-electron chi connectivity index (χ2n) is 4.94. The summed E-state index contributed by atoms with van der Waals surface area (Å²) in [6, 6.07) is 29.1. The molecule has 0 spiro atoms. The van der Waals surface area contributed by atoms with Gasteiger partial charge in [-0.1, -0.05) is 68.6 Å². The van der Waals surface area contributed by atoms with Crippen molar-refractivity contribution in [2.75, 3.05) is 7.11 Å². The summed E-state index contributed by atoms with van der Waals surface area (Å²) in [5.41, 5.74) is 0.602. The van der Waals surface area contributed by atoms with Crippen LogP contribution in [0.1, 0.15) is 10.4 Å². The molecule has 1 radical (unpaired) electrons. The monoisotopic (exact) mass is 408 g/mol. The van der Waals surface area contributed by atoms with Gasteiger partial charge in [0.1, 0.15) is 0 Å². The number of esters is 1.